The van der Waals surface area contributed by atoms with Gasteiger partial charge in [-0.15, -0.1) is 0 Å². The molecule has 0 bridgehead atoms. The van der Waals surface area contributed by atoms with Crippen LogP contribution in [0.15, 0.2) is 12.3 Å². The fourth-order valence-electron chi connectivity index (χ4n) is 1.29. The molecule has 17 heavy (non-hydrogen) atoms. The average Bonchev–Trinajstić information content (AvgIpc) is 2.57. The lowest BCUT2D eigenvalue weighted by atomic mass is 10.2. The number of carbonyl (C=O) groups excluding carboxylic acids is 1. The number of hydrogen-bond donors (Lipinski definition) is 3. The van der Waals surface area contributed by atoms with E-state index in [4.69, 9.17) is 21.8 Å². The van der Waals surface area contributed by atoms with Gasteiger partial charge >= 0.3 is 5.97 Å². The van der Waals surface area contributed by atoms with Crippen molar-refractivity contribution in [2.45, 2.75) is 12.5 Å². The fourth-order valence-corrected chi connectivity index (χ4v) is 1.54. The maximum absolute atomic E-state index is 11.6. The monoisotopic (exact) mass is 260 g/mol. The van der Waals surface area contributed by atoms with E-state index in [-0.39, 0.29) is 18.9 Å². The summed E-state index contributed by atoms with van der Waals surface area (Å²) in [5.74, 6) is -1.67. The summed E-state index contributed by atoms with van der Waals surface area (Å²) < 4.78 is 1.56. The third kappa shape index (κ3) is 3.76. The molecule has 0 radical (unpaired) electrons. The lowest BCUT2D eigenvalue weighted by Gasteiger charge is -2.07. The van der Waals surface area contributed by atoms with Crippen LogP contribution in [0.1, 0.15) is 16.9 Å². The highest BCUT2D eigenvalue weighted by atomic mass is 35.5. The molecule has 0 aliphatic carbocycles. The zero-order chi connectivity index (χ0) is 13.0. The van der Waals surface area contributed by atoms with E-state index in [1.807, 2.05) is 0 Å². The van der Waals surface area contributed by atoms with Crippen molar-refractivity contribution < 1.29 is 19.8 Å². The molecule has 0 aromatic carbocycles. The van der Waals surface area contributed by atoms with Gasteiger partial charge in [-0.2, -0.15) is 0 Å². The van der Waals surface area contributed by atoms with E-state index in [9.17, 15) is 9.59 Å². The molecule has 0 spiro atoms. The highest BCUT2D eigenvalue weighted by Crippen LogP contribution is 2.12. The minimum absolute atomic E-state index is 0.0424. The summed E-state index contributed by atoms with van der Waals surface area (Å²) in [4.78, 5) is 21.9. The van der Waals surface area contributed by atoms with Gasteiger partial charge in [0.2, 0.25) is 0 Å². The van der Waals surface area contributed by atoms with E-state index in [0.717, 1.165) is 0 Å². The number of amides is 1. The molecule has 7 heteroatoms. The molecule has 0 aliphatic rings. The Morgan fingerprint density at radius 2 is 2.24 bits per heavy atom. The number of aliphatic hydroxyl groups is 1. The summed E-state index contributed by atoms with van der Waals surface area (Å²) in [5.41, 5.74) is 0.375. The van der Waals surface area contributed by atoms with E-state index in [1.54, 1.807) is 17.8 Å². The van der Waals surface area contributed by atoms with Gasteiger partial charge in [0.05, 0.1) is 5.02 Å². The van der Waals surface area contributed by atoms with Gasteiger partial charge in [0, 0.05) is 26.2 Å². The van der Waals surface area contributed by atoms with Crippen LogP contribution < -0.4 is 5.32 Å². The lowest BCUT2D eigenvalue weighted by Crippen LogP contribution is -2.30. The first-order valence-electron chi connectivity index (χ1n) is 4.92. The first kappa shape index (κ1) is 13.5. The fraction of sp³-hybridized carbons (Fsp3) is 0.400. The number of carboxylic acids is 1. The number of aliphatic hydroxyl groups excluding tert-OH is 1. The van der Waals surface area contributed by atoms with E-state index < -0.39 is 12.1 Å². The van der Waals surface area contributed by atoms with Crippen LogP contribution in [0.2, 0.25) is 5.02 Å². The highest BCUT2D eigenvalue weighted by molar-refractivity contribution is 6.31. The predicted octanol–water partition coefficient (Wildman–Crippen LogP) is 0.244. The van der Waals surface area contributed by atoms with Gasteiger partial charge in [-0.25, -0.2) is 4.79 Å². The molecule has 1 aromatic rings. The zero-order valence-electron chi connectivity index (χ0n) is 9.18. The summed E-state index contributed by atoms with van der Waals surface area (Å²) in [6.45, 7) is 0.0785. The molecular formula is C10H13ClN2O4. The number of hydrogen-bond acceptors (Lipinski definition) is 3. The Hall–Kier alpha value is -1.53. The maximum atomic E-state index is 11.6. The van der Waals surface area contributed by atoms with Crippen LogP contribution in [-0.4, -0.2) is 39.3 Å². The third-order valence-corrected chi connectivity index (χ3v) is 2.40. The second-order valence-electron chi connectivity index (χ2n) is 3.55. The van der Waals surface area contributed by atoms with Gasteiger partial charge in [-0.1, -0.05) is 11.6 Å². The van der Waals surface area contributed by atoms with Crippen molar-refractivity contribution in [3.63, 3.8) is 0 Å². The number of carboxylic acid groups (broad SMARTS) is 1. The number of rotatable bonds is 5. The van der Waals surface area contributed by atoms with Gasteiger partial charge in [0.25, 0.3) is 5.91 Å². The minimum Gasteiger partial charge on any atom is -0.479 e. The van der Waals surface area contributed by atoms with Gasteiger partial charge in [0.15, 0.2) is 6.10 Å². The average molecular weight is 261 g/mol. The molecule has 0 saturated heterocycles. The Balaban J connectivity index is 2.45. The number of aromatic nitrogens is 1. The topological polar surface area (TPSA) is 91.6 Å². The van der Waals surface area contributed by atoms with Crippen LogP contribution >= 0.6 is 11.6 Å². The van der Waals surface area contributed by atoms with Gasteiger partial charge in [-0.3, -0.25) is 4.79 Å². The molecule has 1 atom stereocenters. The van der Waals surface area contributed by atoms with Gasteiger partial charge in [-0.05, 0) is 6.07 Å². The lowest BCUT2D eigenvalue weighted by molar-refractivity contribution is -0.146. The molecule has 1 amide bonds. The summed E-state index contributed by atoms with van der Waals surface area (Å²) >= 11 is 5.72. The van der Waals surface area contributed by atoms with Crippen molar-refractivity contribution in [2.24, 2.45) is 7.05 Å². The summed E-state index contributed by atoms with van der Waals surface area (Å²) in [7, 11) is 1.67. The number of halogens is 1. The first-order valence-corrected chi connectivity index (χ1v) is 5.30. The molecule has 0 saturated carbocycles. The SMILES string of the molecule is Cn1cc(Cl)cc1C(=O)NCCC(O)C(=O)O. The number of nitrogens with zero attached hydrogens (tertiary/aromatic N) is 1. The highest BCUT2D eigenvalue weighted by Gasteiger charge is 2.14. The van der Waals surface area contributed by atoms with Crippen LogP contribution in [0.25, 0.3) is 0 Å². The number of nitrogens with one attached hydrogen (secondary N) is 1. The summed E-state index contributed by atoms with van der Waals surface area (Å²) in [6, 6.07) is 1.50. The number of carbonyl (C=O) groups is 2. The second-order valence-corrected chi connectivity index (χ2v) is 3.99. The van der Waals surface area contributed by atoms with Crippen LogP contribution in [0, 0.1) is 0 Å². The Morgan fingerprint density at radius 3 is 2.71 bits per heavy atom. The largest absolute Gasteiger partial charge is 0.479 e. The van der Waals surface area contributed by atoms with Gasteiger partial charge in [0.1, 0.15) is 5.69 Å². The van der Waals surface area contributed by atoms with Crippen LogP contribution in [0.4, 0.5) is 0 Å². The van der Waals surface area contributed by atoms with Crippen LogP contribution in [0.5, 0.6) is 0 Å². The van der Waals surface area contributed by atoms with Crippen molar-refractivity contribution in [2.75, 3.05) is 6.54 Å². The van der Waals surface area contributed by atoms with E-state index in [0.29, 0.717) is 10.7 Å². The van der Waals surface area contributed by atoms with E-state index >= 15 is 0 Å². The Kier molecular flexibility index (Phi) is 4.53. The third-order valence-electron chi connectivity index (χ3n) is 2.19. The van der Waals surface area contributed by atoms with E-state index in [1.165, 1.54) is 6.07 Å². The van der Waals surface area contributed by atoms with Gasteiger partial charge < -0.3 is 20.1 Å². The molecule has 0 fully saturated rings. The predicted molar refractivity (Wildman–Crippen MR) is 61.0 cm³/mol. The first-order chi connectivity index (χ1) is 7.91. The molecule has 1 aromatic heterocycles. The second kappa shape index (κ2) is 5.70. The standard InChI is InChI=1S/C10H13ClN2O4/c1-13-5-6(11)4-7(13)9(15)12-3-2-8(14)10(16)17/h4-5,8,14H,2-3H2,1H3,(H,12,15)(H,16,17). The molecule has 3 N–H and O–H groups in total. The summed E-state index contributed by atoms with van der Waals surface area (Å²) in [5, 5.41) is 20.4. The Labute approximate surface area is 103 Å². The minimum atomic E-state index is -1.47. The molecule has 1 unspecified atom stereocenters. The molecule has 94 valence electrons. The molecular weight excluding hydrogens is 248 g/mol. The van der Waals surface area contributed by atoms with Crippen molar-refractivity contribution in [1.29, 1.82) is 0 Å². The smallest absolute Gasteiger partial charge is 0.332 e. The molecule has 0 aliphatic heterocycles. The Morgan fingerprint density at radius 1 is 1.59 bits per heavy atom. The molecule has 6 nitrogen and oxygen atoms in total. The number of aryl methyl sites for hydroxylation is 1. The quantitative estimate of drug-likeness (QED) is 0.707. The summed E-state index contributed by atoms with van der Waals surface area (Å²) in [6.07, 6.45) is 0.0780. The van der Waals surface area contributed by atoms with Crippen LogP contribution in [0.3, 0.4) is 0 Å². The van der Waals surface area contributed by atoms with E-state index in [2.05, 4.69) is 5.32 Å². The van der Waals surface area contributed by atoms with Crippen molar-refractivity contribution in [3.8, 4) is 0 Å². The maximum Gasteiger partial charge on any atom is 0.332 e. The normalized spacial score (nSPS) is 12.2. The number of aliphatic carboxylic acids is 1. The van der Waals surface area contributed by atoms with Crippen molar-refractivity contribution >= 4 is 23.5 Å². The zero-order valence-corrected chi connectivity index (χ0v) is 9.94. The molecule has 1 rings (SSSR count). The van der Waals surface area contributed by atoms with Crippen molar-refractivity contribution in [3.05, 3.63) is 23.0 Å². The van der Waals surface area contributed by atoms with Crippen molar-refractivity contribution in [1.82, 2.24) is 9.88 Å². The molecule has 1 heterocycles. The Bertz CT molecular complexity index is 430. The van der Waals surface area contributed by atoms with Crippen LogP contribution in [-0.2, 0) is 11.8 Å².